The highest BCUT2D eigenvalue weighted by Crippen LogP contribution is 2.28. The van der Waals surface area contributed by atoms with Crippen LogP contribution in [0.4, 0.5) is 4.79 Å². The van der Waals surface area contributed by atoms with E-state index in [0.717, 1.165) is 0 Å². The van der Waals surface area contributed by atoms with E-state index in [1.807, 2.05) is 0 Å². The molecule has 2 rings (SSSR count). The lowest BCUT2D eigenvalue weighted by Crippen LogP contribution is -2.59. The van der Waals surface area contributed by atoms with Crippen molar-refractivity contribution < 1.29 is 29.6 Å². The third-order valence-corrected chi connectivity index (χ3v) is 3.63. The smallest absolute Gasteiger partial charge is 0.407 e. The monoisotopic (exact) mass is 330 g/mol. The number of carbonyl (C=O) groups is 1. The molecule has 2 aliphatic rings. The quantitative estimate of drug-likeness (QED) is 0.276. The van der Waals surface area contributed by atoms with Crippen LogP contribution in [0, 0.1) is 0 Å². The van der Waals surface area contributed by atoms with Crippen molar-refractivity contribution >= 4 is 6.09 Å². The van der Waals surface area contributed by atoms with E-state index in [1.54, 1.807) is 6.92 Å². The third kappa shape index (κ3) is 4.06. The van der Waals surface area contributed by atoms with Gasteiger partial charge in [0.2, 0.25) is 5.66 Å². The SMILES string of the molecule is C[C@@H]1OC(CO)[C@@H](O)C(O)C1OC(=O)NCC1(CN=[N+]=[N-])N=N1. The second kappa shape index (κ2) is 7.06. The maximum Gasteiger partial charge on any atom is 0.407 e. The topological polar surface area (TPSA) is 182 Å². The van der Waals surface area contributed by atoms with Crippen molar-refractivity contribution in [2.75, 3.05) is 19.7 Å². The maximum absolute atomic E-state index is 11.8. The number of ether oxygens (including phenoxy) is 2. The Labute approximate surface area is 130 Å². The number of nitrogens with one attached hydrogen (secondary N) is 1. The molecule has 2 aliphatic heterocycles. The van der Waals surface area contributed by atoms with E-state index < -0.39 is 48.9 Å². The Bertz CT molecular complexity index is 517. The molecule has 1 saturated heterocycles. The molecule has 5 atom stereocenters. The Hall–Kier alpha value is -1.98. The van der Waals surface area contributed by atoms with Crippen molar-refractivity contribution in [3.8, 4) is 0 Å². The van der Waals surface area contributed by atoms with Crippen molar-refractivity contribution in [3.05, 3.63) is 10.4 Å². The van der Waals surface area contributed by atoms with E-state index in [9.17, 15) is 15.0 Å². The van der Waals surface area contributed by atoms with Crippen LogP contribution in [0.2, 0.25) is 0 Å². The molecule has 0 bridgehead atoms. The standard InChI is InChI=1S/C11H18N6O6/c1-5-9(8(20)7(19)6(2-18)22-5)23-10(21)13-3-11(15-16-11)4-14-17-12/h5-9,18-20H,2-4H2,1H3,(H,13,21)/t5-,6?,7+,8?,9?/m0/s1. The fourth-order valence-electron chi connectivity index (χ4n) is 2.23. The largest absolute Gasteiger partial charge is 0.441 e. The van der Waals surface area contributed by atoms with Crippen molar-refractivity contribution in [3.63, 3.8) is 0 Å². The van der Waals surface area contributed by atoms with Crippen LogP contribution in [0.3, 0.4) is 0 Å². The zero-order chi connectivity index (χ0) is 17.0. The highest BCUT2D eigenvalue weighted by atomic mass is 16.6. The minimum atomic E-state index is -1.39. The Morgan fingerprint density at radius 3 is 2.74 bits per heavy atom. The Kier molecular flexibility index (Phi) is 5.34. The first-order valence-corrected chi connectivity index (χ1v) is 6.94. The molecule has 1 amide bonds. The number of azide groups is 1. The predicted octanol–water partition coefficient (Wildman–Crippen LogP) is -0.945. The zero-order valence-electron chi connectivity index (χ0n) is 12.3. The summed E-state index contributed by atoms with van der Waals surface area (Å²) in [6, 6.07) is 0. The first-order chi connectivity index (χ1) is 10.9. The summed E-state index contributed by atoms with van der Waals surface area (Å²) in [4.78, 5) is 14.4. The first-order valence-electron chi connectivity index (χ1n) is 6.94. The summed E-state index contributed by atoms with van der Waals surface area (Å²) in [5, 5.41) is 41.9. The molecule has 2 heterocycles. The molecule has 12 nitrogen and oxygen atoms in total. The third-order valence-electron chi connectivity index (χ3n) is 3.63. The molecule has 0 saturated carbocycles. The van der Waals surface area contributed by atoms with E-state index in [2.05, 4.69) is 25.6 Å². The molecule has 0 aromatic heterocycles. The van der Waals surface area contributed by atoms with E-state index in [4.69, 9.17) is 20.1 Å². The summed E-state index contributed by atoms with van der Waals surface area (Å²) >= 11 is 0. The second-order valence-corrected chi connectivity index (χ2v) is 5.34. The van der Waals surface area contributed by atoms with Gasteiger partial charge in [0.05, 0.1) is 25.8 Å². The number of aliphatic hydroxyl groups excluding tert-OH is 3. The summed E-state index contributed by atoms with van der Waals surface area (Å²) in [5.74, 6) is 0. The number of hydrogen-bond donors (Lipinski definition) is 4. The molecule has 0 aromatic rings. The molecule has 4 N–H and O–H groups in total. The molecular formula is C11H18N6O6. The number of carbonyl (C=O) groups excluding carboxylic acids is 1. The fraction of sp³-hybridized carbons (Fsp3) is 0.909. The first kappa shape index (κ1) is 17.4. The Morgan fingerprint density at radius 1 is 1.48 bits per heavy atom. The van der Waals surface area contributed by atoms with Crippen LogP contribution in [0.15, 0.2) is 15.3 Å². The molecule has 0 aromatic carbocycles. The lowest BCUT2D eigenvalue weighted by atomic mass is 9.96. The van der Waals surface area contributed by atoms with Crippen molar-refractivity contribution in [2.24, 2.45) is 15.3 Å². The van der Waals surface area contributed by atoms with Gasteiger partial charge in [-0.15, -0.1) is 0 Å². The minimum absolute atomic E-state index is 0.0216. The van der Waals surface area contributed by atoms with E-state index in [0.29, 0.717) is 0 Å². The molecule has 0 spiro atoms. The Morgan fingerprint density at radius 2 is 2.17 bits per heavy atom. The molecule has 128 valence electrons. The molecule has 12 heteroatoms. The lowest BCUT2D eigenvalue weighted by molar-refractivity contribution is -0.223. The molecule has 0 aliphatic carbocycles. The van der Waals surface area contributed by atoms with E-state index in [1.165, 1.54) is 0 Å². The highest BCUT2D eigenvalue weighted by molar-refractivity contribution is 5.67. The van der Waals surface area contributed by atoms with Gasteiger partial charge in [0.25, 0.3) is 0 Å². The van der Waals surface area contributed by atoms with E-state index >= 15 is 0 Å². The molecular weight excluding hydrogens is 312 g/mol. The fourth-order valence-corrected chi connectivity index (χ4v) is 2.23. The van der Waals surface area contributed by atoms with Crippen molar-refractivity contribution in [2.45, 2.75) is 43.1 Å². The van der Waals surface area contributed by atoms with Gasteiger partial charge >= 0.3 is 6.09 Å². The summed E-state index contributed by atoms with van der Waals surface area (Å²) < 4.78 is 10.3. The summed E-state index contributed by atoms with van der Waals surface area (Å²) in [5.41, 5.74) is 7.30. The van der Waals surface area contributed by atoms with Gasteiger partial charge in [-0.1, -0.05) is 5.11 Å². The highest BCUT2D eigenvalue weighted by Gasteiger charge is 2.45. The number of amides is 1. The number of hydrogen-bond acceptors (Lipinski definition) is 9. The lowest BCUT2D eigenvalue weighted by Gasteiger charge is -2.40. The van der Waals surface area contributed by atoms with Crippen LogP contribution in [-0.4, -0.2) is 77.3 Å². The number of aliphatic hydroxyl groups is 3. The van der Waals surface area contributed by atoms with Gasteiger partial charge in [-0.05, 0) is 12.5 Å². The molecule has 23 heavy (non-hydrogen) atoms. The van der Waals surface area contributed by atoms with Crippen LogP contribution in [0.1, 0.15) is 6.92 Å². The van der Waals surface area contributed by atoms with Crippen LogP contribution < -0.4 is 5.32 Å². The minimum Gasteiger partial charge on any atom is -0.441 e. The van der Waals surface area contributed by atoms with Gasteiger partial charge in [-0.3, -0.25) is 0 Å². The summed E-state index contributed by atoms with van der Waals surface area (Å²) in [6.07, 6.45) is -6.40. The number of rotatable bonds is 6. The van der Waals surface area contributed by atoms with Gasteiger partial charge < -0.3 is 30.1 Å². The molecule has 3 unspecified atom stereocenters. The van der Waals surface area contributed by atoms with Gasteiger partial charge in [-0.2, -0.15) is 10.2 Å². The number of alkyl carbamates (subject to hydrolysis) is 1. The van der Waals surface area contributed by atoms with E-state index in [-0.39, 0.29) is 13.1 Å². The van der Waals surface area contributed by atoms with Crippen LogP contribution in [0.25, 0.3) is 10.4 Å². The van der Waals surface area contributed by atoms with Gasteiger partial charge in [-0.25, -0.2) is 4.79 Å². The second-order valence-electron chi connectivity index (χ2n) is 5.34. The van der Waals surface area contributed by atoms with Gasteiger partial charge in [0.15, 0.2) is 6.10 Å². The zero-order valence-corrected chi connectivity index (χ0v) is 12.3. The van der Waals surface area contributed by atoms with Crippen LogP contribution in [-0.2, 0) is 9.47 Å². The van der Waals surface area contributed by atoms with Crippen molar-refractivity contribution in [1.82, 2.24) is 5.32 Å². The average Bonchev–Trinajstić information content (AvgIpc) is 3.31. The summed E-state index contributed by atoms with van der Waals surface area (Å²) in [6.45, 7) is 1.04. The van der Waals surface area contributed by atoms with Crippen molar-refractivity contribution in [1.29, 1.82) is 0 Å². The normalized spacial score (nSPS) is 34.3. The molecule has 1 fully saturated rings. The van der Waals surface area contributed by atoms with Crippen LogP contribution in [0.5, 0.6) is 0 Å². The Balaban J connectivity index is 1.84. The number of nitrogens with zero attached hydrogens (tertiary/aromatic N) is 5. The summed E-state index contributed by atoms with van der Waals surface area (Å²) in [7, 11) is 0. The average molecular weight is 330 g/mol. The maximum atomic E-state index is 11.8. The predicted molar refractivity (Wildman–Crippen MR) is 73.3 cm³/mol. The molecule has 0 radical (unpaired) electrons. The van der Waals surface area contributed by atoms with Crippen LogP contribution >= 0.6 is 0 Å². The van der Waals surface area contributed by atoms with Gasteiger partial charge in [0, 0.05) is 4.91 Å². The van der Waals surface area contributed by atoms with Gasteiger partial charge in [0.1, 0.15) is 18.3 Å².